The van der Waals surface area contributed by atoms with Gasteiger partial charge in [-0.3, -0.25) is 4.79 Å². The van der Waals surface area contributed by atoms with Crippen LogP contribution in [0.25, 0.3) is 0 Å². The minimum absolute atomic E-state index is 0.0940. The van der Waals surface area contributed by atoms with Gasteiger partial charge in [-0.15, -0.1) is 0 Å². The molecule has 0 bridgehead atoms. The first-order valence-corrected chi connectivity index (χ1v) is 8.62. The van der Waals surface area contributed by atoms with Crippen LogP contribution >= 0.6 is 22.6 Å². The van der Waals surface area contributed by atoms with Gasteiger partial charge in [-0.1, -0.05) is 43.4 Å². The fourth-order valence-electron chi connectivity index (χ4n) is 2.99. The van der Waals surface area contributed by atoms with Crippen LogP contribution in [0.1, 0.15) is 34.1 Å². The zero-order chi connectivity index (χ0) is 15.1. The highest BCUT2D eigenvalue weighted by Gasteiger charge is 2.58. The molecule has 0 aromatic carbocycles. The van der Waals surface area contributed by atoms with E-state index in [-0.39, 0.29) is 29.9 Å². The van der Waals surface area contributed by atoms with Gasteiger partial charge < -0.3 is 9.47 Å². The van der Waals surface area contributed by atoms with E-state index in [1.165, 1.54) is 4.90 Å². The number of carbonyl (C=O) groups is 2. The minimum Gasteiger partial charge on any atom is -0.447 e. The summed E-state index contributed by atoms with van der Waals surface area (Å²) in [6.45, 7) is 8.24. The molecule has 2 saturated heterocycles. The molecule has 0 N–H and O–H groups in total. The van der Waals surface area contributed by atoms with Gasteiger partial charge in [0.2, 0.25) is 5.91 Å². The van der Waals surface area contributed by atoms with Gasteiger partial charge in [0.25, 0.3) is 0 Å². The van der Waals surface area contributed by atoms with E-state index in [4.69, 9.17) is 9.47 Å². The van der Waals surface area contributed by atoms with Gasteiger partial charge in [0.1, 0.15) is 6.61 Å². The van der Waals surface area contributed by atoms with E-state index >= 15 is 0 Å². The monoisotopic (exact) mass is 395 g/mol. The molecule has 2 rings (SSSR count). The predicted octanol–water partition coefficient (Wildman–Crippen LogP) is 2.61. The summed E-state index contributed by atoms with van der Waals surface area (Å²) in [6.07, 6.45) is 0.174. The Morgan fingerprint density at radius 3 is 2.70 bits per heavy atom. The molecule has 0 aliphatic carbocycles. The van der Waals surface area contributed by atoms with Crippen molar-refractivity contribution in [3.05, 3.63) is 0 Å². The van der Waals surface area contributed by atoms with Crippen molar-refractivity contribution in [1.29, 1.82) is 0 Å². The van der Waals surface area contributed by atoms with Gasteiger partial charge >= 0.3 is 6.09 Å². The fraction of sp³-hybridized carbons (Fsp3) is 0.857. The Kier molecular flexibility index (Phi) is 4.63. The van der Waals surface area contributed by atoms with E-state index in [2.05, 4.69) is 22.6 Å². The number of carbonyl (C=O) groups excluding carboxylic acids is 2. The molecule has 0 radical (unpaired) electrons. The van der Waals surface area contributed by atoms with Gasteiger partial charge in [0, 0.05) is 4.43 Å². The number of nitrogens with zero attached hydrogens (tertiary/aromatic N) is 1. The Balaban J connectivity index is 2.22. The molecule has 0 unspecified atom stereocenters. The van der Waals surface area contributed by atoms with E-state index in [1.54, 1.807) is 0 Å². The molecule has 0 aromatic heterocycles. The summed E-state index contributed by atoms with van der Waals surface area (Å²) in [5, 5.41) is 0. The molecule has 20 heavy (non-hydrogen) atoms. The molecule has 2 fully saturated rings. The summed E-state index contributed by atoms with van der Waals surface area (Å²) < 4.78 is 11.6. The van der Waals surface area contributed by atoms with Gasteiger partial charge in [0.15, 0.2) is 0 Å². The highest BCUT2D eigenvalue weighted by molar-refractivity contribution is 14.1. The maximum atomic E-state index is 12.8. The number of hydrogen-bond acceptors (Lipinski definition) is 4. The van der Waals surface area contributed by atoms with Crippen LogP contribution in [-0.4, -0.2) is 45.7 Å². The molecule has 0 saturated carbocycles. The number of amides is 2. The number of imide groups is 1. The number of halogens is 1. The molecule has 0 spiro atoms. The molecule has 5 nitrogen and oxygen atoms in total. The van der Waals surface area contributed by atoms with Crippen LogP contribution in [0.15, 0.2) is 0 Å². The number of ether oxygens (including phenoxy) is 2. The first-order valence-electron chi connectivity index (χ1n) is 7.09. The largest absolute Gasteiger partial charge is 0.447 e. The number of hydrogen-bond donors (Lipinski definition) is 0. The van der Waals surface area contributed by atoms with Crippen molar-refractivity contribution in [3.63, 3.8) is 0 Å². The second kappa shape index (κ2) is 5.79. The molecule has 0 aromatic rings. The van der Waals surface area contributed by atoms with Crippen LogP contribution in [0.3, 0.4) is 0 Å². The first-order chi connectivity index (χ1) is 9.35. The lowest BCUT2D eigenvalue weighted by molar-refractivity contribution is -0.237. The lowest BCUT2D eigenvalue weighted by atomic mass is 9.77. The molecule has 2 aliphatic rings. The summed E-state index contributed by atoms with van der Waals surface area (Å²) in [4.78, 5) is 26.1. The highest BCUT2D eigenvalue weighted by atomic mass is 127. The quantitative estimate of drug-likeness (QED) is 0.543. The Hall–Kier alpha value is -0.370. The second-order valence-corrected chi connectivity index (χ2v) is 6.85. The average Bonchev–Trinajstić information content (AvgIpc) is 2.77. The highest BCUT2D eigenvalue weighted by Crippen LogP contribution is 2.44. The minimum atomic E-state index is -0.508. The molecular formula is C14H22INO4. The molecule has 2 aliphatic heterocycles. The van der Waals surface area contributed by atoms with E-state index < -0.39 is 11.7 Å². The van der Waals surface area contributed by atoms with Crippen LogP contribution in [0.4, 0.5) is 4.79 Å². The lowest BCUT2D eigenvalue weighted by Gasteiger charge is -2.52. The van der Waals surface area contributed by atoms with Gasteiger partial charge in [-0.05, 0) is 19.3 Å². The standard InChI is InChI=1S/C14H22INO4/c1-5-10-11(14(4,7-15)20-10)12(17)16-9(8(2)3)6-19-13(16)18/h8-11H,5-7H2,1-4H3/t9-,10-,11+,14+/m1/s1. The number of alkyl halides is 1. The maximum absolute atomic E-state index is 12.8. The fourth-order valence-corrected chi connectivity index (χ4v) is 3.65. The predicted molar refractivity (Wildman–Crippen MR) is 82.8 cm³/mol. The molecule has 4 atom stereocenters. The Labute approximate surface area is 133 Å². The van der Waals surface area contributed by atoms with Crippen LogP contribution < -0.4 is 0 Å². The zero-order valence-electron chi connectivity index (χ0n) is 12.4. The third kappa shape index (κ3) is 2.45. The second-order valence-electron chi connectivity index (χ2n) is 6.09. The molecule has 114 valence electrons. The van der Waals surface area contributed by atoms with Crippen molar-refractivity contribution < 1.29 is 19.1 Å². The maximum Gasteiger partial charge on any atom is 0.416 e. The number of cyclic esters (lactones) is 1. The van der Waals surface area contributed by atoms with Crippen LogP contribution in [-0.2, 0) is 14.3 Å². The van der Waals surface area contributed by atoms with Gasteiger partial charge in [-0.25, -0.2) is 9.69 Å². The van der Waals surface area contributed by atoms with Crippen molar-refractivity contribution >= 4 is 34.6 Å². The molecule has 2 amide bonds. The molecule has 6 heteroatoms. The summed E-state index contributed by atoms with van der Waals surface area (Å²) in [5.41, 5.74) is -0.470. The number of rotatable bonds is 4. The SMILES string of the molecule is CC[C@H]1O[C@@](C)(CI)[C@@H]1C(=O)N1C(=O)OC[C@@H]1C(C)C. The smallest absolute Gasteiger partial charge is 0.416 e. The van der Waals surface area contributed by atoms with Crippen molar-refractivity contribution in [2.24, 2.45) is 11.8 Å². The van der Waals surface area contributed by atoms with Crippen molar-refractivity contribution in [2.75, 3.05) is 11.0 Å². The van der Waals surface area contributed by atoms with Gasteiger partial charge in [-0.2, -0.15) is 0 Å². The van der Waals surface area contributed by atoms with Crippen molar-refractivity contribution in [2.45, 2.75) is 51.9 Å². The third-order valence-corrected chi connectivity index (χ3v) is 5.81. The average molecular weight is 395 g/mol. The van der Waals surface area contributed by atoms with Crippen LogP contribution in [0.2, 0.25) is 0 Å². The third-order valence-electron chi connectivity index (χ3n) is 4.30. The molecule has 2 heterocycles. The van der Waals surface area contributed by atoms with Crippen molar-refractivity contribution in [3.8, 4) is 0 Å². The van der Waals surface area contributed by atoms with E-state index in [9.17, 15) is 9.59 Å². The normalized spacial score (nSPS) is 37.0. The summed E-state index contributed by atoms with van der Waals surface area (Å²) in [6, 6.07) is -0.161. The summed E-state index contributed by atoms with van der Waals surface area (Å²) >= 11 is 2.23. The van der Waals surface area contributed by atoms with Crippen LogP contribution in [0, 0.1) is 11.8 Å². The van der Waals surface area contributed by atoms with Crippen molar-refractivity contribution in [1.82, 2.24) is 4.90 Å². The Morgan fingerprint density at radius 1 is 1.55 bits per heavy atom. The summed E-state index contributed by atoms with van der Waals surface area (Å²) in [7, 11) is 0. The van der Waals surface area contributed by atoms with E-state index in [1.807, 2.05) is 27.7 Å². The van der Waals surface area contributed by atoms with Crippen LogP contribution in [0.5, 0.6) is 0 Å². The first kappa shape index (κ1) is 16.0. The lowest BCUT2D eigenvalue weighted by Crippen LogP contribution is -2.66. The van der Waals surface area contributed by atoms with E-state index in [0.717, 1.165) is 10.8 Å². The van der Waals surface area contributed by atoms with E-state index in [0.29, 0.717) is 6.61 Å². The van der Waals surface area contributed by atoms with Gasteiger partial charge in [0.05, 0.1) is 23.7 Å². The topological polar surface area (TPSA) is 55.8 Å². The summed E-state index contributed by atoms with van der Waals surface area (Å²) in [5.74, 6) is -0.197. The zero-order valence-corrected chi connectivity index (χ0v) is 14.5. The Bertz CT molecular complexity index is 414. The Morgan fingerprint density at radius 2 is 2.20 bits per heavy atom. The molecular weight excluding hydrogens is 373 g/mol.